The average molecular weight is 303 g/mol. The van der Waals surface area contributed by atoms with Crippen molar-refractivity contribution in [2.45, 2.75) is 31.6 Å². The molecule has 1 heterocycles. The van der Waals surface area contributed by atoms with Gasteiger partial charge in [0.1, 0.15) is 0 Å². The summed E-state index contributed by atoms with van der Waals surface area (Å²) in [6.45, 7) is 2.33. The standard InChI is InChI=1S/C17H25N3O2/c18-13-15(14-7-3-1-4-8-14)17(22)19-10-9-16(21)20-11-5-2-6-12-20/h1,3-4,7-8,15H,2,5-6,9-13,18H2,(H,19,22). The van der Waals surface area contributed by atoms with Crippen LogP contribution in [-0.4, -0.2) is 42.9 Å². The number of hydrogen-bond donors (Lipinski definition) is 2. The fourth-order valence-electron chi connectivity index (χ4n) is 2.80. The van der Waals surface area contributed by atoms with Gasteiger partial charge in [0, 0.05) is 32.6 Å². The predicted octanol–water partition coefficient (Wildman–Crippen LogP) is 1.25. The first-order valence-electron chi connectivity index (χ1n) is 8.03. The Kier molecular flexibility index (Phi) is 6.40. The Bertz CT molecular complexity index is 484. The summed E-state index contributed by atoms with van der Waals surface area (Å²) in [6.07, 6.45) is 3.73. The second-order valence-electron chi connectivity index (χ2n) is 5.68. The zero-order chi connectivity index (χ0) is 15.8. The third-order valence-electron chi connectivity index (χ3n) is 4.10. The molecule has 1 unspecified atom stereocenters. The van der Waals surface area contributed by atoms with Crippen molar-refractivity contribution in [2.24, 2.45) is 5.73 Å². The van der Waals surface area contributed by atoms with Crippen molar-refractivity contribution in [3.05, 3.63) is 35.9 Å². The number of piperidine rings is 1. The maximum Gasteiger partial charge on any atom is 0.228 e. The molecule has 1 aromatic rings. The fourth-order valence-corrected chi connectivity index (χ4v) is 2.80. The summed E-state index contributed by atoms with van der Waals surface area (Å²) in [6, 6.07) is 9.49. The average Bonchev–Trinajstić information content (AvgIpc) is 2.57. The highest BCUT2D eigenvalue weighted by atomic mass is 16.2. The lowest BCUT2D eigenvalue weighted by Gasteiger charge is -2.26. The van der Waals surface area contributed by atoms with E-state index in [0.717, 1.165) is 31.5 Å². The molecule has 1 atom stereocenters. The van der Waals surface area contributed by atoms with Gasteiger partial charge in [-0.2, -0.15) is 0 Å². The molecule has 1 fully saturated rings. The molecule has 1 saturated heterocycles. The number of amides is 2. The van der Waals surface area contributed by atoms with Crippen molar-refractivity contribution in [1.82, 2.24) is 10.2 Å². The van der Waals surface area contributed by atoms with Crippen LogP contribution >= 0.6 is 0 Å². The van der Waals surface area contributed by atoms with Gasteiger partial charge in [-0.1, -0.05) is 30.3 Å². The molecule has 120 valence electrons. The second-order valence-corrected chi connectivity index (χ2v) is 5.68. The molecule has 5 heteroatoms. The van der Waals surface area contributed by atoms with Crippen LogP contribution in [0.25, 0.3) is 0 Å². The highest BCUT2D eigenvalue weighted by Crippen LogP contribution is 2.14. The van der Waals surface area contributed by atoms with Crippen LogP contribution in [-0.2, 0) is 9.59 Å². The molecule has 1 aliphatic rings. The molecule has 1 aromatic carbocycles. The highest BCUT2D eigenvalue weighted by Gasteiger charge is 2.20. The maximum atomic E-state index is 12.2. The molecule has 0 aliphatic carbocycles. The van der Waals surface area contributed by atoms with Crippen LogP contribution in [0.2, 0.25) is 0 Å². The van der Waals surface area contributed by atoms with Crippen molar-refractivity contribution in [3.63, 3.8) is 0 Å². The lowest BCUT2D eigenvalue weighted by molar-refractivity contribution is -0.132. The number of rotatable bonds is 6. The van der Waals surface area contributed by atoms with Gasteiger partial charge >= 0.3 is 0 Å². The number of nitrogens with two attached hydrogens (primary N) is 1. The van der Waals surface area contributed by atoms with E-state index in [1.165, 1.54) is 6.42 Å². The number of carbonyl (C=O) groups excluding carboxylic acids is 2. The van der Waals surface area contributed by atoms with Crippen molar-refractivity contribution in [2.75, 3.05) is 26.2 Å². The van der Waals surface area contributed by atoms with Crippen molar-refractivity contribution in [3.8, 4) is 0 Å². The predicted molar refractivity (Wildman–Crippen MR) is 86.3 cm³/mol. The summed E-state index contributed by atoms with van der Waals surface area (Å²) in [4.78, 5) is 26.2. The van der Waals surface area contributed by atoms with Gasteiger partial charge in [-0.3, -0.25) is 9.59 Å². The van der Waals surface area contributed by atoms with E-state index in [0.29, 0.717) is 13.0 Å². The first kappa shape index (κ1) is 16.5. The lowest BCUT2D eigenvalue weighted by atomic mass is 9.98. The van der Waals surface area contributed by atoms with E-state index in [1.54, 1.807) is 0 Å². The molecular formula is C17H25N3O2. The summed E-state index contributed by atoms with van der Waals surface area (Å²) >= 11 is 0. The smallest absolute Gasteiger partial charge is 0.228 e. The molecular weight excluding hydrogens is 278 g/mol. The Morgan fingerprint density at radius 1 is 1.14 bits per heavy atom. The van der Waals surface area contributed by atoms with E-state index in [9.17, 15) is 9.59 Å². The van der Waals surface area contributed by atoms with E-state index in [-0.39, 0.29) is 24.3 Å². The van der Waals surface area contributed by atoms with Gasteiger partial charge in [0.15, 0.2) is 0 Å². The van der Waals surface area contributed by atoms with Crippen LogP contribution in [0.3, 0.4) is 0 Å². The van der Waals surface area contributed by atoms with Gasteiger partial charge in [-0.15, -0.1) is 0 Å². The van der Waals surface area contributed by atoms with Gasteiger partial charge in [-0.25, -0.2) is 0 Å². The minimum Gasteiger partial charge on any atom is -0.355 e. The highest BCUT2D eigenvalue weighted by molar-refractivity contribution is 5.84. The monoisotopic (exact) mass is 303 g/mol. The Morgan fingerprint density at radius 2 is 1.82 bits per heavy atom. The number of nitrogens with one attached hydrogen (secondary N) is 1. The first-order chi connectivity index (χ1) is 10.7. The van der Waals surface area contributed by atoms with Crippen LogP contribution in [0, 0.1) is 0 Å². The minimum absolute atomic E-state index is 0.111. The molecule has 0 bridgehead atoms. The molecule has 22 heavy (non-hydrogen) atoms. The van der Waals surface area contributed by atoms with E-state index in [1.807, 2.05) is 35.2 Å². The lowest BCUT2D eigenvalue weighted by Crippen LogP contribution is -2.39. The summed E-state index contributed by atoms with van der Waals surface area (Å²) in [5.74, 6) is -0.338. The zero-order valence-corrected chi connectivity index (χ0v) is 13.0. The molecule has 3 N–H and O–H groups in total. The van der Waals surface area contributed by atoms with Gasteiger partial charge in [0.2, 0.25) is 11.8 Å². The molecule has 0 aromatic heterocycles. The van der Waals surface area contributed by atoms with Gasteiger partial charge < -0.3 is 16.0 Å². The number of carbonyl (C=O) groups is 2. The molecule has 0 radical (unpaired) electrons. The molecule has 5 nitrogen and oxygen atoms in total. The Morgan fingerprint density at radius 3 is 2.45 bits per heavy atom. The fraction of sp³-hybridized carbons (Fsp3) is 0.529. The minimum atomic E-state index is -0.355. The van der Waals surface area contributed by atoms with E-state index in [4.69, 9.17) is 5.73 Å². The third kappa shape index (κ3) is 4.56. The number of nitrogens with zero attached hydrogens (tertiary/aromatic N) is 1. The number of benzene rings is 1. The Balaban J connectivity index is 1.78. The van der Waals surface area contributed by atoms with Gasteiger partial charge in [0.05, 0.1) is 5.92 Å². The molecule has 2 amide bonds. The third-order valence-corrected chi connectivity index (χ3v) is 4.10. The maximum absolute atomic E-state index is 12.2. The van der Waals surface area contributed by atoms with E-state index < -0.39 is 0 Å². The van der Waals surface area contributed by atoms with Crippen LogP contribution in [0.15, 0.2) is 30.3 Å². The van der Waals surface area contributed by atoms with Crippen molar-refractivity contribution >= 4 is 11.8 Å². The van der Waals surface area contributed by atoms with E-state index in [2.05, 4.69) is 5.32 Å². The summed E-state index contributed by atoms with van der Waals surface area (Å²) < 4.78 is 0. The summed E-state index contributed by atoms with van der Waals surface area (Å²) in [5.41, 5.74) is 6.63. The zero-order valence-electron chi connectivity index (χ0n) is 13.0. The quantitative estimate of drug-likeness (QED) is 0.830. The number of hydrogen-bond acceptors (Lipinski definition) is 3. The summed E-state index contributed by atoms with van der Waals surface area (Å²) in [7, 11) is 0. The van der Waals surface area contributed by atoms with Gasteiger partial charge in [-0.05, 0) is 24.8 Å². The second kappa shape index (κ2) is 8.54. The molecule has 0 spiro atoms. The topological polar surface area (TPSA) is 75.4 Å². The number of likely N-dealkylation sites (tertiary alicyclic amines) is 1. The molecule has 2 rings (SSSR count). The van der Waals surface area contributed by atoms with E-state index >= 15 is 0 Å². The van der Waals surface area contributed by atoms with Crippen LogP contribution < -0.4 is 11.1 Å². The van der Waals surface area contributed by atoms with Crippen molar-refractivity contribution in [1.29, 1.82) is 0 Å². The molecule has 0 saturated carbocycles. The van der Waals surface area contributed by atoms with Crippen LogP contribution in [0.4, 0.5) is 0 Å². The van der Waals surface area contributed by atoms with Crippen LogP contribution in [0.1, 0.15) is 37.2 Å². The molecule has 1 aliphatic heterocycles. The van der Waals surface area contributed by atoms with Crippen LogP contribution in [0.5, 0.6) is 0 Å². The van der Waals surface area contributed by atoms with Crippen molar-refractivity contribution < 1.29 is 9.59 Å². The normalized spacial score (nSPS) is 16.1. The Hall–Kier alpha value is -1.88. The SMILES string of the molecule is NCC(C(=O)NCCC(=O)N1CCCCC1)c1ccccc1. The first-order valence-corrected chi connectivity index (χ1v) is 8.03. The van der Waals surface area contributed by atoms with Gasteiger partial charge in [0.25, 0.3) is 0 Å². The Labute approximate surface area is 131 Å². The summed E-state index contributed by atoms with van der Waals surface area (Å²) in [5, 5.41) is 2.84. The largest absolute Gasteiger partial charge is 0.355 e.